The molecule has 1 aromatic carbocycles. The standard InChI is InChI=1S/C17H13Cl2F2N3O2/c18-9-4-11(20)12(5-10(9)19)23-17(26)24-7-1-2-13(24)15-8(3-7)16(21)22-6-14(15)25/h4-7,13,25H,1-3H2,(H,23,26). The summed E-state index contributed by atoms with van der Waals surface area (Å²) in [6.45, 7) is 0. The Bertz CT molecular complexity index is 925. The molecule has 2 aromatic rings. The number of halogens is 4. The summed E-state index contributed by atoms with van der Waals surface area (Å²) >= 11 is 11.6. The number of nitrogens with zero attached hydrogens (tertiary/aromatic N) is 2. The second-order valence-corrected chi connectivity index (χ2v) is 7.18. The Morgan fingerprint density at radius 2 is 2.00 bits per heavy atom. The van der Waals surface area contributed by atoms with Crippen molar-refractivity contribution in [2.45, 2.75) is 31.3 Å². The van der Waals surface area contributed by atoms with Gasteiger partial charge in [0.05, 0.1) is 28.0 Å². The maximum atomic E-state index is 14.0. The number of carbonyl (C=O) groups excluding carboxylic acids is 1. The second kappa shape index (κ2) is 6.25. The Morgan fingerprint density at radius 1 is 1.27 bits per heavy atom. The maximum Gasteiger partial charge on any atom is 0.322 e. The fourth-order valence-electron chi connectivity index (χ4n) is 3.80. The molecule has 2 unspecified atom stereocenters. The topological polar surface area (TPSA) is 65.5 Å². The fourth-order valence-corrected chi connectivity index (χ4v) is 4.12. The van der Waals surface area contributed by atoms with Crippen molar-refractivity contribution in [1.82, 2.24) is 9.88 Å². The minimum Gasteiger partial charge on any atom is -0.506 e. The number of nitrogens with one attached hydrogen (secondary N) is 1. The van der Waals surface area contributed by atoms with Crippen molar-refractivity contribution < 1.29 is 18.7 Å². The Labute approximate surface area is 157 Å². The van der Waals surface area contributed by atoms with Gasteiger partial charge in [-0.05, 0) is 31.4 Å². The molecule has 0 radical (unpaired) electrons. The summed E-state index contributed by atoms with van der Waals surface area (Å²) in [7, 11) is 0. The first kappa shape index (κ1) is 17.3. The number of aromatic nitrogens is 1. The van der Waals surface area contributed by atoms with E-state index in [1.807, 2.05) is 0 Å². The van der Waals surface area contributed by atoms with Gasteiger partial charge in [0, 0.05) is 17.2 Å². The summed E-state index contributed by atoms with van der Waals surface area (Å²) in [6, 6.07) is 0.963. The van der Waals surface area contributed by atoms with Crippen LogP contribution in [0.15, 0.2) is 18.3 Å². The lowest BCUT2D eigenvalue weighted by molar-refractivity contribution is 0.176. The number of urea groups is 1. The van der Waals surface area contributed by atoms with Gasteiger partial charge in [-0.3, -0.25) is 0 Å². The first-order valence-electron chi connectivity index (χ1n) is 7.97. The molecular weight excluding hydrogens is 387 g/mol. The van der Waals surface area contributed by atoms with Gasteiger partial charge in [-0.25, -0.2) is 14.2 Å². The van der Waals surface area contributed by atoms with Crippen LogP contribution in [0.25, 0.3) is 0 Å². The third-order valence-electron chi connectivity index (χ3n) is 4.91. The molecule has 136 valence electrons. The average molecular weight is 400 g/mol. The highest BCUT2D eigenvalue weighted by Gasteiger charge is 2.45. The number of hydrogen-bond donors (Lipinski definition) is 2. The van der Waals surface area contributed by atoms with Crippen LogP contribution in [0.1, 0.15) is 30.0 Å². The van der Waals surface area contributed by atoms with Crippen molar-refractivity contribution in [1.29, 1.82) is 0 Å². The van der Waals surface area contributed by atoms with Gasteiger partial charge in [-0.1, -0.05) is 23.2 Å². The number of benzene rings is 1. The Kier molecular flexibility index (Phi) is 4.16. The summed E-state index contributed by atoms with van der Waals surface area (Å²) in [5.41, 5.74) is 0.609. The van der Waals surface area contributed by atoms with Crippen molar-refractivity contribution in [2.75, 3.05) is 5.32 Å². The maximum absolute atomic E-state index is 14.0. The predicted octanol–water partition coefficient (Wildman–Crippen LogP) is 4.67. The second-order valence-electron chi connectivity index (χ2n) is 6.36. The third-order valence-corrected chi connectivity index (χ3v) is 5.63. The molecule has 0 saturated carbocycles. The van der Waals surface area contributed by atoms with E-state index in [0.29, 0.717) is 24.0 Å². The van der Waals surface area contributed by atoms with E-state index in [1.165, 1.54) is 11.0 Å². The smallest absolute Gasteiger partial charge is 0.322 e. The number of amides is 2. The Morgan fingerprint density at radius 3 is 2.77 bits per heavy atom. The van der Waals surface area contributed by atoms with E-state index in [9.17, 15) is 18.7 Å². The van der Waals surface area contributed by atoms with E-state index in [1.54, 1.807) is 0 Å². The largest absolute Gasteiger partial charge is 0.506 e. The molecule has 2 amide bonds. The number of hydrogen-bond acceptors (Lipinski definition) is 3. The highest BCUT2D eigenvalue weighted by Crippen LogP contribution is 2.47. The van der Waals surface area contributed by atoms with Gasteiger partial charge in [0.2, 0.25) is 5.95 Å². The first-order valence-corrected chi connectivity index (χ1v) is 8.72. The van der Waals surface area contributed by atoms with E-state index >= 15 is 0 Å². The molecule has 26 heavy (non-hydrogen) atoms. The zero-order chi connectivity index (χ0) is 18.6. The number of pyridine rings is 1. The fraction of sp³-hybridized carbons (Fsp3) is 0.294. The van der Waals surface area contributed by atoms with Crippen LogP contribution in [0.2, 0.25) is 10.0 Å². The lowest BCUT2D eigenvalue weighted by Gasteiger charge is -2.36. The normalized spacial score (nSPS) is 20.8. The van der Waals surface area contributed by atoms with E-state index in [4.69, 9.17) is 23.2 Å². The van der Waals surface area contributed by atoms with Crippen LogP contribution >= 0.6 is 23.2 Å². The van der Waals surface area contributed by atoms with Gasteiger partial charge in [-0.2, -0.15) is 4.39 Å². The molecule has 5 nitrogen and oxygen atoms in total. The number of aromatic hydroxyl groups is 1. The van der Waals surface area contributed by atoms with E-state index in [0.717, 1.165) is 12.3 Å². The number of carbonyl (C=O) groups is 1. The molecule has 2 aliphatic heterocycles. The molecule has 1 aromatic heterocycles. The van der Waals surface area contributed by atoms with Crippen LogP contribution < -0.4 is 5.32 Å². The van der Waals surface area contributed by atoms with Gasteiger partial charge in [0.25, 0.3) is 0 Å². The average Bonchev–Trinajstić information content (AvgIpc) is 2.89. The lowest BCUT2D eigenvalue weighted by Crippen LogP contribution is -2.44. The molecule has 2 atom stereocenters. The van der Waals surface area contributed by atoms with Gasteiger partial charge < -0.3 is 15.3 Å². The molecule has 0 aliphatic carbocycles. The monoisotopic (exact) mass is 399 g/mol. The minimum absolute atomic E-state index is 0.0435. The van der Waals surface area contributed by atoms with E-state index in [-0.39, 0.29) is 33.9 Å². The summed E-state index contributed by atoms with van der Waals surface area (Å²) in [4.78, 5) is 17.8. The van der Waals surface area contributed by atoms with Gasteiger partial charge in [0.15, 0.2) is 0 Å². The van der Waals surface area contributed by atoms with Crippen LogP contribution in [-0.4, -0.2) is 27.1 Å². The van der Waals surface area contributed by atoms with Crippen molar-refractivity contribution >= 4 is 34.9 Å². The molecule has 2 bridgehead atoms. The van der Waals surface area contributed by atoms with Crippen LogP contribution in [-0.2, 0) is 6.42 Å². The molecule has 0 spiro atoms. The van der Waals surface area contributed by atoms with E-state index < -0.39 is 23.8 Å². The summed E-state index contributed by atoms with van der Waals surface area (Å²) in [5.74, 6) is -1.49. The van der Waals surface area contributed by atoms with Crippen molar-refractivity contribution in [3.8, 4) is 5.75 Å². The number of rotatable bonds is 1. The minimum atomic E-state index is -0.712. The highest BCUT2D eigenvalue weighted by molar-refractivity contribution is 6.42. The Balaban J connectivity index is 1.66. The van der Waals surface area contributed by atoms with Crippen LogP contribution in [0.3, 0.4) is 0 Å². The molecule has 1 fully saturated rings. The van der Waals surface area contributed by atoms with Crippen molar-refractivity contribution in [2.24, 2.45) is 0 Å². The molecule has 4 rings (SSSR count). The summed E-state index contributed by atoms with van der Waals surface area (Å²) in [5, 5.41) is 12.8. The van der Waals surface area contributed by atoms with Crippen molar-refractivity contribution in [3.05, 3.63) is 51.3 Å². The summed E-state index contributed by atoms with van der Waals surface area (Å²) in [6.07, 6.45) is 2.51. The van der Waals surface area contributed by atoms with E-state index in [2.05, 4.69) is 10.3 Å². The lowest BCUT2D eigenvalue weighted by atomic mass is 9.94. The predicted molar refractivity (Wildman–Crippen MR) is 92.6 cm³/mol. The van der Waals surface area contributed by atoms with Crippen LogP contribution in [0, 0.1) is 11.8 Å². The van der Waals surface area contributed by atoms with Crippen LogP contribution in [0.4, 0.5) is 19.3 Å². The number of anilines is 1. The Hall–Kier alpha value is -2.12. The zero-order valence-corrected chi connectivity index (χ0v) is 14.8. The molecule has 3 heterocycles. The summed E-state index contributed by atoms with van der Waals surface area (Å²) < 4.78 is 28.1. The molecular formula is C17H13Cl2F2N3O2. The van der Waals surface area contributed by atoms with Gasteiger partial charge in [0.1, 0.15) is 11.6 Å². The van der Waals surface area contributed by atoms with Gasteiger partial charge >= 0.3 is 6.03 Å². The van der Waals surface area contributed by atoms with Gasteiger partial charge in [-0.15, -0.1) is 0 Å². The molecule has 9 heteroatoms. The number of fused-ring (bicyclic) bond motifs is 4. The zero-order valence-electron chi connectivity index (χ0n) is 13.3. The van der Waals surface area contributed by atoms with Crippen LogP contribution in [0.5, 0.6) is 5.75 Å². The molecule has 1 saturated heterocycles. The molecule has 2 N–H and O–H groups in total. The highest BCUT2D eigenvalue weighted by atomic mass is 35.5. The third kappa shape index (κ3) is 2.66. The SMILES string of the molecule is O=C(Nc1cc(Cl)c(Cl)cc1F)N1C2CCC1c1c(O)cnc(F)c1C2. The first-order chi connectivity index (χ1) is 12.4. The van der Waals surface area contributed by atoms with Crippen molar-refractivity contribution in [3.63, 3.8) is 0 Å². The quantitative estimate of drug-likeness (QED) is 0.540. The molecule has 2 aliphatic rings.